The molecule has 1 saturated heterocycles. The number of benzene rings is 2. The van der Waals surface area contributed by atoms with E-state index in [4.69, 9.17) is 9.47 Å². The number of rotatable bonds is 5. The van der Waals surface area contributed by atoms with Crippen LogP contribution in [0.1, 0.15) is 40.5 Å². The van der Waals surface area contributed by atoms with Crippen LogP contribution in [0.25, 0.3) is 11.3 Å². The monoisotopic (exact) mass is 421 g/mol. The minimum Gasteiger partial charge on any atom is -0.507 e. The van der Waals surface area contributed by atoms with Gasteiger partial charge in [0.05, 0.1) is 19.3 Å². The van der Waals surface area contributed by atoms with Gasteiger partial charge in [-0.1, -0.05) is 18.2 Å². The van der Waals surface area contributed by atoms with Crippen molar-refractivity contribution in [2.24, 2.45) is 0 Å². The van der Waals surface area contributed by atoms with Crippen molar-refractivity contribution < 1.29 is 24.5 Å². The number of phenolic OH excluding ortho intramolecular Hbond substituents is 2. The average molecular weight is 421 g/mol. The van der Waals surface area contributed by atoms with Crippen molar-refractivity contribution in [2.45, 2.75) is 25.0 Å². The van der Waals surface area contributed by atoms with Crippen LogP contribution >= 0.6 is 0 Å². The Morgan fingerprint density at radius 3 is 2.81 bits per heavy atom. The number of hydrogen-bond donors (Lipinski definition) is 3. The highest BCUT2D eigenvalue weighted by Gasteiger charge is 2.43. The number of carbonyl (C=O) groups is 1. The standard InChI is InChI=1S/C23H23N3O5/c1-30-18-11-13(8-9-17(18)28)22-19-20(15-6-2-3-7-16(15)27)24-25-21(19)23(29)26(22)12-14-5-4-10-31-14/h2-3,6-9,11,14,22,27-28H,4-5,10,12H2,1H3,(H,24,25)/t14-,22+/m0/s1. The molecular formula is C23H23N3O5. The van der Waals surface area contributed by atoms with Crippen LogP contribution in [-0.2, 0) is 4.74 Å². The molecule has 1 aromatic heterocycles. The molecule has 3 heterocycles. The van der Waals surface area contributed by atoms with Gasteiger partial charge in [0, 0.05) is 24.3 Å². The van der Waals surface area contributed by atoms with Crippen LogP contribution in [0.4, 0.5) is 0 Å². The largest absolute Gasteiger partial charge is 0.507 e. The summed E-state index contributed by atoms with van der Waals surface area (Å²) >= 11 is 0. The van der Waals surface area contributed by atoms with Crippen molar-refractivity contribution in [3.63, 3.8) is 0 Å². The summed E-state index contributed by atoms with van der Waals surface area (Å²) in [6.45, 7) is 1.13. The Morgan fingerprint density at radius 2 is 2.06 bits per heavy atom. The first-order valence-electron chi connectivity index (χ1n) is 10.2. The highest BCUT2D eigenvalue weighted by atomic mass is 16.5. The molecule has 0 unspecified atom stereocenters. The Morgan fingerprint density at radius 1 is 1.23 bits per heavy atom. The summed E-state index contributed by atoms with van der Waals surface area (Å²) in [6.07, 6.45) is 1.84. The molecule has 3 N–H and O–H groups in total. The third-order valence-electron chi connectivity index (χ3n) is 5.97. The van der Waals surface area contributed by atoms with Gasteiger partial charge in [0.2, 0.25) is 0 Å². The van der Waals surface area contributed by atoms with Gasteiger partial charge in [-0.25, -0.2) is 0 Å². The molecule has 0 saturated carbocycles. The number of H-pyrrole nitrogens is 1. The maximum absolute atomic E-state index is 13.4. The van der Waals surface area contributed by atoms with E-state index in [1.54, 1.807) is 41.3 Å². The van der Waals surface area contributed by atoms with E-state index < -0.39 is 6.04 Å². The number of nitrogens with one attached hydrogen (secondary N) is 1. The molecule has 2 atom stereocenters. The smallest absolute Gasteiger partial charge is 0.273 e. The molecule has 160 valence electrons. The minimum absolute atomic E-state index is 0.0228. The van der Waals surface area contributed by atoms with Crippen molar-refractivity contribution in [1.82, 2.24) is 15.1 Å². The molecule has 2 aliphatic rings. The summed E-state index contributed by atoms with van der Waals surface area (Å²) in [5.74, 6) is 0.262. The fourth-order valence-corrected chi connectivity index (χ4v) is 4.48. The van der Waals surface area contributed by atoms with E-state index in [-0.39, 0.29) is 23.5 Å². The molecule has 5 rings (SSSR count). The number of para-hydroxylation sites is 1. The molecule has 8 heteroatoms. The summed E-state index contributed by atoms with van der Waals surface area (Å²) in [5, 5.41) is 27.8. The Bertz CT molecular complexity index is 1140. The van der Waals surface area contributed by atoms with E-state index in [1.165, 1.54) is 7.11 Å². The lowest BCUT2D eigenvalue weighted by Crippen LogP contribution is -2.36. The molecule has 2 aromatic carbocycles. The molecular weight excluding hydrogens is 398 g/mol. The second-order valence-electron chi connectivity index (χ2n) is 7.80. The molecule has 0 spiro atoms. The van der Waals surface area contributed by atoms with Gasteiger partial charge in [0.25, 0.3) is 5.91 Å². The summed E-state index contributed by atoms with van der Waals surface area (Å²) in [4.78, 5) is 15.1. The molecule has 3 aromatic rings. The lowest BCUT2D eigenvalue weighted by atomic mass is 9.95. The molecule has 2 aliphatic heterocycles. The first-order chi connectivity index (χ1) is 15.1. The van der Waals surface area contributed by atoms with E-state index in [9.17, 15) is 15.0 Å². The number of ether oxygens (including phenoxy) is 2. The van der Waals surface area contributed by atoms with Crippen molar-refractivity contribution in [1.29, 1.82) is 0 Å². The van der Waals surface area contributed by atoms with Gasteiger partial charge in [-0.3, -0.25) is 9.89 Å². The van der Waals surface area contributed by atoms with Gasteiger partial charge in [-0.05, 0) is 42.7 Å². The summed E-state index contributed by atoms with van der Waals surface area (Å²) in [7, 11) is 1.49. The maximum atomic E-state index is 13.4. The third kappa shape index (κ3) is 3.19. The molecule has 0 aliphatic carbocycles. The van der Waals surface area contributed by atoms with Gasteiger partial charge < -0.3 is 24.6 Å². The number of aromatic nitrogens is 2. The molecule has 31 heavy (non-hydrogen) atoms. The van der Waals surface area contributed by atoms with Gasteiger partial charge in [0.1, 0.15) is 17.1 Å². The Hall–Kier alpha value is -3.52. The van der Waals surface area contributed by atoms with Gasteiger partial charge in [-0.2, -0.15) is 5.10 Å². The van der Waals surface area contributed by atoms with Gasteiger partial charge in [-0.15, -0.1) is 0 Å². The molecule has 8 nitrogen and oxygen atoms in total. The topological polar surface area (TPSA) is 108 Å². The van der Waals surface area contributed by atoms with E-state index in [0.717, 1.165) is 18.4 Å². The Kier molecular flexibility index (Phi) is 4.78. The minimum atomic E-state index is -0.463. The predicted molar refractivity (Wildman–Crippen MR) is 112 cm³/mol. The lowest BCUT2D eigenvalue weighted by molar-refractivity contribution is 0.0495. The third-order valence-corrected chi connectivity index (χ3v) is 5.97. The average Bonchev–Trinajstić information content (AvgIpc) is 3.49. The highest BCUT2D eigenvalue weighted by Crippen LogP contribution is 2.46. The van der Waals surface area contributed by atoms with Crippen LogP contribution in [-0.4, -0.2) is 57.6 Å². The highest BCUT2D eigenvalue weighted by molar-refractivity contribution is 6.00. The van der Waals surface area contributed by atoms with E-state index in [1.807, 2.05) is 6.07 Å². The van der Waals surface area contributed by atoms with E-state index in [0.29, 0.717) is 41.4 Å². The first kappa shape index (κ1) is 19.4. The number of nitrogens with zero attached hydrogens (tertiary/aromatic N) is 2. The Balaban J connectivity index is 1.66. The number of aromatic amines is 1. The van der Waals surface area contributed by atoms with Crippen LogP contribution < -0.4 is 4.74 Å². The van der Waals surface area contributed by atoms with Crippen LogP contribution in [0.3, 0.4) is 0 Å². The number of hydrogen-bond acceptors (Lipinski definition) is 6. The molecule has 1 fully saturated rings. The summed E-state index contributed by atoms with van der Waals surface area (Å²) in [6, 6.07) is 11.5. The first-order valence-corrected chi connectivity index (χ1v) is 10.2. The fraction of sp³-hybridized carbons (Fsp3) is 0.304. The van der Waals surface area contributed by atoms with Gasteiger partial charge >= 0.3 is 0 Å². The zero-order chi connectivity index (χ0) is 21.5. The van der Waals surface area contributed by atoms with Crippen molar-refractivity contribution in [3.05, 3.63) is 59.3 Å². The van der Waals surface area contributed by atoms with Gasteiger partial charge in [0.15, 0.2) is 11.5 Å². The number of carbonyl (C=O) groups excluding carboxylic acids is 1. The van der Waals surface area contributed by atoms with Crippen molar-refractivity contribution in [3.8, 4) is 28.5 Å². The molecule has 0 bridgehead atoms. The normalized spacial score (nSPS) is 20.3. The molecule has 0 radical (unpaired) electrons. The summed E-state index contributed by atoms with van der Waals surface area (Å²) in [5.41, 5.74) is 2.93. The number of phenols is 2. The van der Waals surface area contributed by atoms with Crippen LogP contribution in [0.5, 0.6) is 17.2 Å². The Labute approximate surface area is 179 Å². The van der Waals surface area contributed by atoms with E-state index in [2.05, 4.69) is 10.2 Å². The van der Waals surface area contributed by atoms with Crippen LogP contribution in [0, 0.1) is 0 Å². The maximum Gasteiger partial charge on any atom is 0.273 e. The van der Waals surface area contributed by atoms with Crippen LogP contribution in [0.2, 0.25) is 0 Å². The quantitative estimate of drug-likeness (QED) is 0.584. The number of fused-ring (bicyclic) bond motifs is 1. The molecule has 1 amide bonds. The predicted octanol–water partition coefficient (Wildman–Crippen LogP) is 3.22. The van der Waals surface area contributed by atoms with Crippen LogP contribution in [0.15, 0.2) is 42.5 Å². The lowest BCUT2D eigenvalue weighted by Gasteiger charge is -2.28. The number of aromatic hydroxyl groups is 2. The zero-order valence-electron chi connectivity index (χ0n) is 17.0. The van der Waals surface area contributed by atoms with Crippen molar-refractivity contribution in [2.75, 3.05) is 20.3 Å². The second kappa shape index (κ2) is 7.63. The zero-order valence-corrected chi connectivity index (χ0v) is 17.0. The SMILES string of the molecule is COc1cc([C@@H]2c3c(-c4ccccc4O)n[nH]c3C(=O)N2C[C@@H]2CCCO2)ccc1O. The number of methoxy groups -OCH3 is 1. The number of amides is 1. The fourth-order valence-electron chi connectivity index (χ4n) is 4.48. The second-order valence-corrected chi connectivity index (χ2v) is 7.80. The summed E-state index contributed by atoms with van der Waals surface area (Å²) < 4.78 is 11.1. The van der Waals surface area contributed by atoms with E-state index >= 15 is 0 Å². The van der Waals surface area contributed by atoms with Crippen molar-refractivity contribution >= 4 is 5.91 Å².